The van der Waals surface area contributed by atoms with Crippen LogP contribution in [0.15, 0.2) is 78.9 Å². The highest BCUT2D eigenvalue weighted by molar-refractivity contribution is 7.47. The number of ether oxygens (including phenoxy) is 1. The molecule has 3 nitrogen and oxygen atoms in total. The van der Waals surface area contributed by atoms with Gasteiger partial charge in [-0.1, -0.05) is 81.4 Å². The summed E-state index contributed by atoms with van der Waals surface area (Å²) in [7, 11) is 0.642. The Morgan fingerprint density at radius 1 is 0.862 bits per heavy atom. The van der Waals surface area contributed by atoms with Crippen LogP contribution in [0.5, 0.6) is 5.75 Å². The number of para-hydroxylation sites is 1. The van der Waals surface area contributed by atoms with Gasteiger partial charge in [-0.25, -0.2) is 0 Å². The van der Waals surface area contributed by atoms with E-state index in [1.54, 1.807) is 0 Å². The van der Waals surface area contributed by atoms with Crippen LogP contribution in [-0.4, -0.2) is 23.5 Å². The van der Waals surface area contributed by atoms with Crippen molar-refractivity contribution in [3.63, 3.8) is 0 Å². The van der Waals surface area contributed by atoms with Gasteiger partial charge in [-0.05, 0) is 43.3 Å². The first-order valence-electron chi connectivity index (χ1n) is 10.1. The second-order valence-electron chi connectivity index (χ2n) is 7.44. The van der Waals surface area contributed by atoms with Crippen LogP contribution in [0, 0.1) is 0 Å². The van der Waals surface area contributed by atoms with Crippen molar-refractivity contribution < 1.29 is 9.84 Å². The third-order valence-corrected chi connectivity index (χ3v) is 5.90. The molecule has 0 radical (unpaired) electrons. The van der Waals surface area contributed by atoms with E-state index in [4.69, 9.17) is 4.74 Å². The summed E-state index contributed by atoms with van der Waals surface area (Å²) in [6.07, 6.45) is 0.495. The van der Waals surface area contributed by atoms with E-state index in [0.717, 1.165) is 28.7 Å². The van der Waals surface area contributed by atoms with Crippen LogP contribution in [-0.2, 0) is 0 Å². The zero-order chi connectivity index (χ0) is 20.6. The van der Waals surface area contributed by atoms with Crippen molar-refractivity contribution in [2.75, 3.05) is 6.29 Å². The van der Waals surface area contributed by atoms with Crippen LogP contribution in [0.2, 0.25) is 0 Å². The van der Waals surface area contributed by atoms with Gasteiger partial charge in [0.25, 0.3) is 0 Å². The number of aliphatic hydroxyl groups is 1. The first-order chi connectivity index (χ1) is 14.0. The topological polar surface area (TPSA) is 41.5 Å². The van der Waals surface area contributed by atoms with Crippen LogP contribution in [0.4, 0.5) is 0 Å². The molecule has 0 saturated heterocycles. The number of benzene rings is 3. The van der Waals surface area contributed by atoms with Crippen molar-refractivity contribution in [3.05, 3.63) is 84.4 Å². The Hall–Kier alpha value is -2.19. The molecule has 0 aromatic heterocycles. The Morgan fingerprint density at radius 3 is 2.21 bits per heavy atom. The molecule has 0 fully saturated rings. The zero-order valence-corrected chi connectivity index (χ0v) is 18.3. The highest BCUT2D eigenvalue weighted by Crippen LogP contribution is 2.30. The summed E-state index contributed by atoms with van der Waals surface area (Å²) in [5.41, 5.74) is 3.23. The van der Waals surface area contributed by atoms with Crippen molar-refractivity contribution in [1.82, 2.24) is 5.32 Å². The molecular formula is C25H30NO2P. The number of nitrogens with one attached hydrogen (secondary N) is 1. The van der Waals surface area contributed by atoms with Gasteiger partial charge in [0.2, 0.25) is 0 Å². The Balaban J connectivity index is 1.56. The van der Waals surface area contributed by atoms with Crippen LogP contribution >= 0.6 is 8.58 Å². The van der Waals surface area contributed by atoms with Crippen molar-refractivity contribution in [2.45, 2.75) is 39.0 Å². The molecule has 4 heteroatoms. The summed E-state index contributed by atoms with van der Waals surface area (Å²) in [6.45, 7) is 6.12. The van der Waals surface area contributed by atoms with Gasteiger partial charge >= 0.3 is 0 Å². The van der Waals surface area contributed by atoms with E-state index in [2.05, 4.69) is 35.6 Å². The van der Waals surface area contributed by atoms with Crippen molar-refractivity contribution in [3.8, 4) is 16.9 Å². The normalized spacial score (nSPS) is 13.7. The summed E-state index contributed by atoms with van der Waals surface area (Å²) in [5.74, 6) is 0.920. The van der Waals surface area contributed by atoms with Gasteiger partial charge in [-0.3, -0.25) is 0 Å². The molecule has 0 amide bonds. The first-order valence-corrected chi connectivity index (χ1v) is 11.3. The lowest BCUT2D eigenvalue weighted by Crippen LogP contribution is -2.32. The Kier molecular flexibility index (Phi) is 7.83. The molecule has 0 aliphatic heterocycles. The van der Waals surface area contributed by atoms with E-state index in [-0.39, 0.29) is 12.1 Å². The smallest absolute Gasteiger partial charge is 0.127 e. The molecule has 0 saturated carbocycles. The lowest BCUT2D eigenvalue weighted by atomic mass is 10.0. The lowest BCUT2D eigenvalue weighted by molar-refractivity contribution is 0.139. The summed E-state index contributed by atoms with van der Waals surface area (Å²) < 4.78 is 5.95. The van der Waals surface area contributed by atoms with Crippen molar-refractivity contribution in [2.24, 2.45) is 0 Å². The van der Waals surface area contributed by atoms with Crippen LogP contribution < -0.4 is 15.4 Å². The van der Waals surface area contributed by atoms with E-state index in [1.165, 1.54) is 5.30 Å². The van der Waals surface area contributed by atoms with Gasteiger partial charge in [-0.15, -0.1) is 0 Å². The molecule has 1 unspecified atom stereocenters. The van der Waals surface area contributed by atoms with Crippen molar-refractivity contribution >= 4 is 13.9 Å². The minimum Gasteiger partial charge on any atom is -0.490 e. The first kappa shape index (κ1) is 21.5. The fourth-order valence-corrected chi connectivity index (χ4v) is 4.22. The average molecular weight is 407 g/mol. The minimum atomic E-state index is -0.499. The fraction of sp³-hybridized carbons (Fsp3) is 0.280. The number of aliphatic hydroxyl groups excluding tert-OH is 1. The van der Waals surface area contributed by atoms with E-state index in [1.807, 2.05) is 69.3 Å². The molecular weight excluding hydrogens is 377 g/mol. The summed E-state index contributed by atoms with van der Waals surface area (Å²) in [4.78, 5) is 0. The Morgan fingerprint density at radius 2 is 1.52 bits per heavy atom. The molecule has 3 atom stereocenters. The maximum atomic E-state index is 10.5. The van der Waals surface area contributed by atoms with E-state index in [9.17, 15) is 5.11 Å². The zero-order valence-electron chi connectivity index (χ0n) is 17.3. The molecule has 3 aromatic rings. The lowest BCUT2D eigenvalue weighted by Gasteiger charge is -2.20. The standard InChI is InChI=1S/C25H30NO2P/c1-18(2)28-24-12-8-7-11-23(24)20-13-15-22(16-14-20)29-17-26-19(3)25(27)21-9-5-4-6-10-21/h4-16,18-19,25-27,29H,17H2,1-3H3/t19-,25-/m0/s1. The molecule has 152 valence electrons. The van der Waals surface area contributed by atoms with Gasteiger partial charge in [0.15, 0.2) is 0 Å². The summed E-state index contributed by atoms with van der Waals surface area (Å²) in [6, 6.07) is 26.7. The van der Waals surface area contributed by atoms with E-state index in [0.29, 0.717) is 8.58 Å². The maximum absolute atomic E-state index is 10.5. The van der Waals surface area contributed by atoms with E-state index >= 15 is 0 Å². The number of rotatable bonds is 9. The molecule has 0 aliphatic carbocycles. The van der Waals surface area contributed by atoms with Gasteiger partial charge in [-0.2, -0.15) is 0 Å². The molecule has 29 heavy (non-hydrogen) atoms. The minimum absolute atomic E-state index is 0.00392. The van der Waals surface area contributed by atoms with Gasteiger partial charge < -0.3 is 15.2 Å². The highest BCUT2D eigenvalue weighted by Gasteiger charge is 2.15. The highest BCUT2D eigenvalue weighted by atomic mass is 31.1. The Bertz CT molecular complexity index is 881. The largest absolute Gasteiger partial charge is 0.490 e. The number of hydrogen-bond acceptors (Lipinski definition) is 3. The van der Waals surface area contributed by atoms with Crippen LogP contribution in [0.1, 0.15) is 32.4 Å². The predicted molar refractivity (Wildman–Crippen MR) is 124 cm³/mol. The second kappa shape index (κ2) is 10.5. The average Bonchev–Trinajstić information content (AvgIpc) is 2.74. The molecule has 0 aliphatic rings. The van der Waals surface area contributed by atoms with Gasteiger partial charge in [0.1, 0.15) is 5.75 Å². The molecule has 0 heterocycles. The van der Waals surface area contributed by atoms with Gasteiger partial charge in [0.05, 0.1) is 12.2 Å². The summed E-state index contributed by atoms with van der Waals surface area (Å²) in [5, 5.41) is 15.2. The summed E-state index contributed by atoms with van der Waals surface area (Å²) >= 11 is 0. The quantitative estimate of drug-likeness (QED) is 0.484. The SMILES string of the molecule is CC(C)Oc1ccccc1-c1ccc(PCN[C@@H](C)[C@H](O)c2ccccc2)cc1. The van der Waals surface area contributed by atoms with Crippen LogP contribution in [0.25, 0.3) is 11.1 Å². The third kappa shape index (κ3) is 6.14. The van der Waals surface area contributed by atoms with Gasteiger partial charge in [0, 0.05) is 17.9 Å². The number of hydrogen-bond donors (Lipinski definition) is 2. The maximum Gasteiger partial charge on any atom is 0.127 e. The second-order valence-corrected chi connectivity index (χ2v) is 8.73. The van der Waals surface area contributed by atoms with Crippen molar-refractivity contribution in [1.29, 1.82) is 0 Å². The van der Waals surface area contributed by atoms with E-state index < -0.39 is 6.10 Å². The molecule has 0 spiro atoms. The monoisotopic (exact) mass is 407 g/mol. The Labute approximate surface area is 175 Å². The van der Waals surface area contributed by atoms with Crippen LogP contribution in [0.3, 0.4) is 0 Å². The third-order valence-electron chi connectivity index (χ3n) is 4.78. The fourth-order valence-electron chi connectivity index (χ4n) is 3.19. The molecule has 3 rings (SSSR count). The molecule has 2 N–H and O–H groups in total. The molecule has 0 bridgehead atoms. The predicted octanol–water partition coefficient (Wildman–Crippen LogP) is 5.11. The molecule has 3 aromatic carbocycles.